The molecule has 3 aliphatic rings. The minimum absolute atomic E-state index is 0.134. The van der Waals surface area contributed by atoms with Gasteiger partial charge in [-0.25, -0.2) is 0 Å². The lowest BCUT2D eigenvalue weighted by Gasteiger charge is -2.37. The first-order valence-corrected chi connectivity index (χ1v) is 11.8. The molecular weight excluding hydrogens is 481 g/mol. The van der Waals surface area contributed by atoms with Crippen LogP contribution >= 0.6 is 0 Å². The average Bonchev–Trinajstić information content (AvgIpc) is 3.41. The standard InChI is InChI=1S/C24H27F3N4O5/c25-24(26,27)36-18-4-2-17(3-5-18)35-13-20(32)31-14-23(7-1-8-23)11-19(31)22(34)30-16(12-28)10-15-6-9-29-21(15)33/h2-5,15-16,19H,1,6-11,13-14H2,(H,29,33)(H,30,34)/t15-,16-,19-/m0/s1. The van der Waals surface area contributed by atoms with E-state index in [2.05, 4.69) is 15.4 Å². The average molecular weight is 508 g/mol. The Balaban J connectivity index is 1.36. The van der Waals surface area contributed by atoms with Gasteiger partial charge in [0.2, 0.25) is 11.8 Å². The topological polar surface area (TPSA) is 121 Å². The van der Waals surface area contributed by atoms with Crippen LogP contribution in [-0.2, 0) is 14.4 Å². The van der Waals surface area contributed by atoms with E-state index in [1.807, 2.05) is 6.07 Å². The maximum absolute atomic E-state index is 13.1. The molecule has 0 bridgehead atoms. The summed E-state index contributed by atoms with van der Waals surface area (Å²) in [7, 11) is 0. The fourth-order valence-corrected chi connectivity index (χ4v) is 5.12. The van der Waals surface area contributed by atoms with Crippen molar-refractivity contribution < 1.29 is 37.0 Å². The van der Waals surface area contributed by atoms with Crippen LogP contribution in [0.4, 0.5) is 13.2 Å². The number of carbonyl (C=O) groups excluding carboxylic acids is 3. The summed E-state index contributed by atoms with van der Waals surface area (Å²) in [5.41, 5.74) is -0.137. The number of nitriles is 1. The molecule has 2 N–H and O–H groups in total. The molecule has 12 heteroatoms. The summed E-state index contributed by atoms with van der Waals surface area (Å²) >= 11 is 0. The number of amides is 3. The molecule has 0 aromatic heterocycles. The molecule has 0 radical (unpaired) electrons. The SMILES string of the molecule is N#C[C@H](C[C@@H]1CCNC1=O)NC(=O)[C@@H]1CC2(CCC2)CN1C(=O)COc1ccc(OC(F)(F)F)cc1. The quantitative estimate of drug-likeness (QED) is 0.556. The molecule has 2 aliphatic heterocycles. The molecule has 1 spiro atoms. The second-order valence-electron chi connectivity index (χ2n) is 9.61. The van der Waals surface area contributed by atoms with Crippen molar-refractivity contribution >= 4 is 17.7 Å². The lowest BCUT2D eigenvalue weighted by Crippen LogP contribution is -2.50. The van der Waals surface area contributed by atoms with Gasteiger partial charge in [0.25, 0.3) is 5.91 Å². The van der Waals surface area contributed by atoms with Crippen LogP contribution in [0.15, 0.2) is 24.3 Å². The van der Waals surface area contributed by atoms with Gasteiger partial charge in [-0.3, -0.25) is 14.4 Å². The highest BCUT2D eigenvalue weighted by Crippen LogP contribution is 2.50. The van der Waals surface area contributed by atoms with Gasteiger partial charge in [0.15, 0.2) is 6.61 Å². The van der Waals surface area contributed by atoms with Crippen LogP contribution in [0.25, 0.3) is 0 Å². The summed E-state index contributed by atoms with van der Waals surface area (Å²) in [6, 6.07) is 5.09. The monoisotopic (exact) mass is 508 g/mol. The lowest BCUT2D eigenvalue weighted by molar-refractivity contribution is -0.274. The minimum Gasteiger partial charge on any atom is -0.484 e. The molecule has 4 rings (SSSR count). The first kappa shape index (κ1) is 25.6. The molecule has 1 saturated carbocycles. The third-order valence-corrected chi connectivity index (χ3v) is 7.12. The highest BCUT2D eigenvalue weighted by molar-refractivity contribution is 5.89. The van der Waals surface area contributed by atoms with Crippen molar-refractivity contribution in [2.45, 2.75) is 57.0 Å². The molecule has 2 saturated heterocycles. The van der Waals surface area contributed by atoms with Crippen LogP contribution in [-0.4, -0.2) is 60.8 Å². The molecule has 3 amide bonds. The number of nitrogens with zero attached hydrogens (tertiary/aromatic N) is 2. The molecule has 2 heterocycles. The van der Waals surface area contributed by atoms with Crippen molar-refractivity contribution in [1.82, 2.24) is 15.5 Å². The van der Waals surface area contributed by atoms with E-state index in [4.69, 9.17) is 4.74 Å². The number of nitrogens with one attached hydrogen (secondary N) is 2. The summed E-state index contributed by atoms with van der Waals surface area (Å²) in [5.74, 6) is -1.58. The number of rotatable bonds is 8. The number of carbonyl (C=O) groups is 3. The summed E-state index contributed by atoms with van der Waals surface area (Å²) in [6.45, 7) is 0.540. The van der Waals surface area contributed by atoms with Crippen molar-refractivity contribution in [2.75, 3.05) is 19.7 Å². The largest absolute Gasteiger partial charge is 0.573 e. The highest BCUT2D eigenvalue weighted by atomic mass is 19.4. The first-order valence-electron chi connectivity index (χ1n) is 11.8. The summed E-state index contributed by atoms with van der Waals surface area (Å²) < 4.78 is 46.2. The molecule has 9 nitrogen and oxygen atoms in total. The van der Waals surface area contributed by atoms with Gasteiger partial charge in [0.1, 0.15) is 23.6 Å². The van der Waals surface area contributed by atoms with E-state index in [0.29, 0.717) is 25.9 Å². The molecular formula is C24H27F3N4O5. The molecule has 1 aliphatic carbocycles. The maximum Gasteiger partial charge on any atom is 0.573 e. The molecule has 3 atom stereocenters. The zero-order valence-electron chi connectivity index (χ0n) is 19.5. The molecule has 36 heavy (non-hydrogen) atoms. The zero-order valence-corrected chi connectivity index (χ0v) is 19.5. The predicted octanol–water partition coefficient (Wildman–Crippen LogP) is 2.27. The van der Waals surface area contributed by atoms with Crippen molar-refractivity contribution in [1.29, 1.82) is 5.26 Å². The first-order chi connectivity index (χ1) is 17.1. The Hall–Kier alpha value is -3.49. The van der Waals surface area contributed by atoms with Crippen LogP contribution in [0.5, 0.6) is 11.5 Å². The number of hydrogen-bond acceptors (Lipinski definition) is 6. The van der Waals surface area contributed by atoms with Gasteiger partial charge in [0, 0.05) is 19.0 Å². The number of alkyl halides is 3. The van der Waals surface area contributed by atoms with E-state index in [-0.39, 0.29) is 29.4 Å². The van der Waals surface area contributed by atoms with Gasteiger partial charge in [0.05, 0.1) is 6.07 Å². The van der Waals surface area contributed by atoms with Crippen LogP contribution in [0.1, 0.15) is 38.5 Å². The Labute approximate surface area is 205 Å². The second-order valence-corrected chi connectivity index (χ2v) is 9.61. The maximum atomic E-state index is 13.1. The Bertz CT molecular complexity index is 1040. The normalized spacial score (nSPS) is 23.4. The number of likely N-dealkylation sites (tertiary alicyclic amines) is 1. The second kappa shape index (κ2) is 10.2. The number of ether oxygens (including phenoxy) is 2. The van der Waals surface area contributed by atoms with E-state index in [1.54, 1.807) is 0 Å². The third-order valence-electron chi connectivity index (χ3n) is 7.12. The summed E-state index contributed by atoms with van der Waals surface area (Å²) in [4.78, 5) is 39.5. The molecule has 1 aromatic rings. The summed E-state index contributed by atoms with van der Waals surface area (Å²) in [6.07, 6.45) is -0.720. The van der Waals surface area contributed by atoms with Gasteiger partial charge >= 0.3 is 6.36 Å². The van der Waals surface area contributed by atoms with Gasteiger partial charge < -0.3 is 25.0 Å². The fourth-order valence-electron chi connectivity index (χ4n) is 5.12. The molecule has 0 unspecified atom stereocenters. The Kier molecular flexibility index (Phi) is 7.28. The molecule has 1 aromatic carbocycles. The van der Waals surface area contributed by atoms with E-state index in [1.165, 1.54) is 17.0 Å². The van der Waals surface area contributed by atoms with E-state index < -0.39 is 42.6 Å². The van der Waals surface area contributed by atoms with Crippen molar-refractivity contribution in [3.05, 3.63) is 24.3 Å². The third kappa shape index (κ3) is 6.01. The van der Waals surface area contributed by atoms with E-state index >= 15 is 0 Å². The van der Waals surface area contributed by atoms with E-state index in [9.17, 15) is 32.8 Å². The van der Waals surface area contributed by atoms with Gasteiger partial charge in [-0.15, -0.1) is 13.2 Å². The van der Waals surface area contributed by atoms with Gasteiger partial charge in [-0.2, -0.15) is 5.26 Å². The molecule has 3 fully saturated rings. The van der Waals surface area contributed by atoms with Gasteiger partial charge in [-0.1, -0.05) is 6.42 Å². The van der Waals surface area contributed by atoms with Crippen LogP contribution < -0.4 is 20.1 Å². The lowest BCUT2D eigenvalue weighted by atomic mass is 9.67. The summed E-state index contributed by atoms with van der Waals surface area (Å²) in [5, 5.41) is 14.9. The Morgan fingerprint density at radius 3 is 2.50 bits per heavy atom. The van der Waals surface area contributed by atoms with Crippen molar-refractivity contribution in [3.63, 3.8) is 0 Å². The zero-order chi connectivity index (χ0) is 25.9. The Morgan fingerprint density at radius 1 is 1.25 bits per heavy atom. The fraction of sp³-hybridized carbons (Fsp3) is 0.583. The highest BCUT2D eigenvalue weighted by Gasteiger charge is 2.51. The van der Waals surface area contributed by atoms with E-state index in [0.717, 1.165) is 31.4 Å². The van der Waals surface area contributed by atoms with Crippen molar-refractivity contribution in [2.24, 2.45) is 11.3 Å². The number of hydrogen-bond donors (Lipinski definition) is 2. The smallest absolute Gasteiger partial charge is 0.484 e. The van der Waals surface area contributed by atoms with Crippen LogP contribution in [0.3, 0.4) is 0 Å². The van der Waals surface area contributed by atoms with Crippen LogP contribution in [0.2, 0.25) is 0 Å². The predicted molar refractivity (Wildman–Crippen MR) is 118 cm³/mol. The number of benzene rings is 1. The van der Waals surface area contributed by atoms with Crippen molar-refractivity contribution in [3.8, 4) is 17.6 Å². The molecule has 194 valence electrons. The number of halogens is 3. The van der Waals surface area contributed by atoms with Crippen LogP contribution in [0, 0.1) is 22.7 Å². The Morgan fingerprint density at radius 2 is 1.94 bits per heavy atom. The minimum atomic E-state index is -4.81. The van der Waals surface area contributed by atoms with Gasteiger partial charge in [-0.05, 0) is 61.8 Å².